The number of hydrogen-bond donors (Lipinski definition) is 2. The van der Waals surface area contributed by atoms with Crippen LogP contribution in [0.15, 0.2) is 42.6 Å². The predicted octanol–water partition coefficient (Wildman–Crippen LogP) is 2.92. The number of anilines is 1. The molecule has 1 aliphatic heterocycles. The van der Waals surface area contributed by atoms with Gasteiger partial charge in [-0.2, -0.15) is 0 Å². The minimum absolute atomic E-state index is 0.0397. The lowest BCUT2D eigenvalue weighted by Gasteiger charge is -2.13. The molecule has 0 spiro atoms. The molecule has 0 radical (unpaired) electrons. The Labute approximate surface area is 174 Å². The van der Waals surface area contributed by atoms with Crippen LogP contribution < -0.4 is 10.2 Å². The van der Waals surface area contributed by atoms with Crippen molar-refractivity contribution in [1.29, 1.82) is 0 Å². The normalized spacial score (nSPS) is 15.8. The number of aromatic nitrogens is 3. The van der Waals surface area contributed by atoms with Gasteiger partial charge in [0.2, 0.25) is 0 Å². The van der Waals surface area contributed by atoms with E-state index >= 15 is 0 Å². The molecule has 2 N–H and O–H groups in total. The largest absolute Gasteiger partial charge is 0.465 e. The molecule has 2 amide bonds. The first-order chi connectivity index (χ1) is 14.5. The molecule has 4 rings (SSSR count). The summed E-state index contributed by atoms with van der Waals surface area (Å²) in [5.41, 5.74) is 1.44. The van der Waals surface area contributed by atoms with Crippen molar-refractivity contribution in [1.82, 2.24) is 20.5 Å². The third-order valence-electron chi connectivity index (χ3n) is 4.38. The number of amides is 2. The number of ether oxygens (including phenoxy) is 1. The number of pyridine rings is 1. The van der Waals surface area contributed by atoms with E-state index in [9.17, 15) is 14.0 Å². The maximum Gasteiger partial charge on any atom is 0.414 e. The van der Waals surface area contributed by atoms with Crippen LogP contribution in [0.25, 0.3) is 10.6 Å². The van der Waals surface area contributed by atoms with Crippen molar-refractivity contribution in [2.24, 2.45) is 0 Å². The highest BCUT2D eigenvalue weighted by atomic mass is 32.1. The van der Waals surface area contributed by atoms with Crippen molar-refractivity contribution in [2.75, 3.05) is 18.0 Å². The number of cyclic esters (lactones) is 1. The maximum atomic E-state index is 14.8. The molecule has 3 aromatic rings. The van der Waals surface area contributed by atoms with Gasteiger partial charge in [-0.25, -0.2) is 14.0 Å². The quantitative estimate of drug-likeness (QED) is 0.619. The van der Waals surface area contributed by atoms with Crippen molar-refractivity contribution in [2.45, 2.75) is 12.5 Å². The molecule has 9 nitrogen and oxygen atoms in total. The van der Waals surface area contributed by atoms with Gasteiger partial charge >= 0.3 is 12.2 Å². The number of hydrogen-bond acceptors (Lipinski definition) is 7. The van der Waals surface area contributed by atoms with Crippen LogP contribution in [0.5, 0.6) is 0 Å². The number of benzene rings is 1. The summed E-state index contributed by atoms with van der Waals surface area (Å²) in [5, 5.41) is 20.1. The van der Waals surface area contributed by atoms with Gasteiger partial charge in [-0.15, -0.1) is 10.2 Å². The smallest absolute Gasteiger partial charge is 0.414 e. The third-order valence-corrected chi connectivity index (χ3v) is 5.33. The Balaban J connectivity index is 1.47. The molecule has 3 heterocycles. The van der Waals surface area contributed by atoms with E-state index in [4.69, 9.17) is 9.84 Å². The van der Waals surface area contributed by atoms with Crippen molar-refractivity contribution >= 4 is 29.2 Å². The first-order valence-electron chi connectivity index (χ1n) is 8.97. The van der Waals surface area contributed by atoms with E-state index in [1.807, 2.05) is 18.2 Å². The second-order valence-corrected chi connectivity index (χ2v) is 7.53. The van der Waals surface area contributed by atoms with Gasteiger partial charge in [0.1, 0.15) is 16.9 Å². The van der Waals surface area contributed by atoms with Crippen LogP contribution >= 0.6 is 11.3 Å². The zero-order chi connectivity index (χ0) is 21.1. The fourth-order valence-electron chi connectivity index (χ4n) is 2.98. The van der Waals surface area contributed by atoms with E-state index in [1.165, 1.54) is 28.4 Å². The highest BCUT2D eigenvalue weighted by molar-refractivity contribution is 7.14. The molecule has 1 fully saturated rings. The number of carboxylic acid groups (broad SMARTS) is 1. The third kappa shape index (κ3) is 4.35. The van der Waals surface area contributed by atoms with Crippen LogP contribution in [-0.2, 0) is 11.2 Å². The summed E-state index contributed by atoms with van der Waals surface area (Å²) in [7, 11) is 0. The summed E-state index contributed by atoms with van der Waals surface area (Å²) >= 11 is 1.27. The van der Waals surface area contributed by atoms with Gasteiger partial charge in [0.15, 0.2) is 5.01 Å². The molecule has 1 saturated heterocycles. The number of nitrogens with one attached hydrogen (secondary N) is 1. The summed E-state index contributed by atoms with van der Waals surface area (Å²) in [5.74, 6) is -0.548. The Morgan fingerprint density at radius 2 is 2.20 bits per heavy atom. The summed E-state index contributed by atoms with van der Waals surface area (Å²) in [6.45, 7) is 0.0763. The van der Waals surface area contributed by atoms with Crippen LogP contribution in [0.1, 0.15) is 10.7 Å². The molecule has 0 saturated carbocycles. The molecule has 30 heavy (non-hydrogen) atoms. The van der Waals surface area contributed by atoms with Gasteiger partial charge in [0.25, 0.3) is 0 Å². The zero-order valence-corrected chi connectivity index (χ0v) is 16.3. The standard InChI is InChI=1S/C19H16FN5O4S/c20-15-8-12(25-10-13(29-19(25)28)9-22-18(26)27)4-5-14(15)17-24-23-16(30-17)7-11-3-1-2-6-21-11/h1-6,8,13,22H,7,9-10H2,(H,26,27). The molecule has 1 aliphatic rings. The molecule has 154 valence electrons. The van der Waals surface area contributed by atoms with E-state index in [-0.39, 0.29) is 18.7 Å². The Morgan fingerprint density at radius 1 is 1.33 bits per heavy atom. The highest BCUT2D eigenvalue weighted by Crippen LogP contribution is 2.31. The van der Waals surface area contributed by atoms with Crippen LogP contribution in [0, 0.1) is 5.82 Å². The number of halogens is 1. The topological polar surface area (TPSA) is 118 Å². The number of rotatable bonds is 6. The molecular formula is C19H16FN5O4S. The second kappa shape index (κ2) is 8.41. The minimum Gasteiger partial charge on any atom is -0.465 e. The molecule has 11 heteroatoms. The van der Waals surface area contributed by atoms with E-state index in [0.717, 1.165) is 5.69 Å². The highest BCUT2D eigenvalue weighted by Gasteiger charge is 2.33. The van der Waals surface area contributed by atoms with Crippen molar-refractivity contribution in [3.63, 3.8) is 0 Å². The lowest BCUT2D eigenvalue weighted by Crippen LogP contribution is -2.33. The second-order valence-electron chi connectivity index (χ2n) is 6.47. The number of carbonyl (C=O) groups is 2. The number of nitrogens with zero attached hydrogens (tertiary/aromatic N) is 4. The summed E-state index contributed by atoms with van der Waals surface area (Å²) < 4.78 is 19.9. The van der Waals surface area contributed by atoms with Gasteiger partial charge in [-0.3, -0.25) is 9.88 Å². The fourth-order valence-corrected chi connectivity index (χ4v) is 3.86. The SMILES string of the molecule is O=C(O)NCC1CN(c2ccc(-c3nnc(Cc4ccccn4)s3)c(F)c2)C(=O)O1. The van der Waals surface area contributed by atoms with Crippen molar-refractivity contribution in [3.8, 4) is 10.6 Å². The predicted molar refractivity (Wildman–Crippen MR) is 106 cm³/mol. The average molecular weight is 429 g/mol. The van der Waals surface area contributed by atoms with Gasteiger partial charge in [0, 0.05) is 23.9 Å². The van der Waals surface area contributed by atoms with Crippen LogP contribution in [0.4, 0.5) is 19.7 Å². The van der Waals surface area contributed by atoms with Gasteiger partial charge in [0.05, 0.1) is 18.8 Å². The molecule has 1 unspecified atom stereocenters. The van der Waals surface area contributed by atoms with Gasteiger partial charge in [-0.1, -0.05) is 17.4 Å². The molecule has 0 aliphatic carbocycles. The molecule has 1 aromatic carbocycles. The Hall–Kier alpha value is -3.60. The van der Waals surface area contributed by atoms with Crippen LogP contribution in [0.2, 0.25) is 0 Å². The van der Waals surface area contributed by atoms with Crippen molar-refractivity contribution < 1.29 is 23.8 Å². The molecular weight excluding hydrogens is 413 g/mol. The molecule has 1 atom stereocenters. The zero-order valence-electron chi connectivity index (χ0n) is 15.5. The monoisotopic (exact) mass is 429 g/mol. The first kappa shape index (κ1) is 19.7. The lowest BCUT2D eigenvalue weighted by molar-refractivity contribution is 0.136. The fraction of sp³-hybridized carbons (Fsp3) is 0.211. The van der Waals surface area contributed by atoms with Crippen molar-refractivity contribution in [3.05, 3.63) is 59.1 Å². The summed E-state index contributed by atoms with van der Waals surface area (Å²) in [6.07, 6.45) is -0.314. The maximum absolute atomic E-state index is 14.8. The molecule has 2 aromatic heterocycles. The van der Waals surface area contributed by atoms with Gasteiger partial charge in [-0.05, 0) is 30.3 Å². The van der Waals surface area contributed by atoms with Crippen LogP contribution in [0.3, 0.4) is 0 Å². The van der Waals surface area contributed by atoms with E-state index in [0.29, 0.717) is 22.1 Å². The first-order valence-corrected chi connectivity index (χ1v) is 9.78. The van der Waals surface area contributed by atoms with Crippen LogP contribution in [-0.4, -0.2) is 51.7 Å². The van der Waals surface area contributed by atoms with E-state index in [1.54, 1.807) is 12.3 Å². The number of carbonyl (C=O) groups excluding carboxylic acids is 1. The summed E-state index contributed by atoms with van der Waals surface area (Å²) in [6, 6.07) is 9.94. The average Bonchev–Trinajstić information content (AvgIpc) is 3.33. The van der Waals surface area contributed by atoms with E-state index < -0.39 is 24.1 Å². The lowest BCUT2D eigenvalue weighted by atomic mass is 10.2. The Morgan fingerprint density at radius 3 is 2.93 bits per heavy atom. The Bertz CT molecular complexity index is 1080. The summed E-state index contributed by atoms with van der Waals surface area (Å²) in [4.78, 5) is 28.1. The van der Waals surface area contributed by atoms with E-state index in [2.05, 4.69) is 20.5 Å². The Kier molecular flexibility index (Phi) is 5.53. The minimum atomic E-state index is -1.21. The molecule has 0 bridgehead atoms. The van der Waals surface area contributed by atoms with Gasteiger partial charge < -0.3 is 15.2 Å².